The van der Waals surface area contributed by atoms with Gasteiger partial charge in [0.25, 0.3) is 0 Å². The monoisotopic (exact) mass is 407 g/mol. The number of amides is 2. The minimum Gasteiger partial charge on any atom is -0.340 e. The van der Waals surface area contributed by atoms with Crippen LogP contribution < -0.4 is 0 Å². The number of thioether (sulfide) groups is 1. The third kappa shape index (κ3) is 3.91. The Labute approximate surface area is 170 Å². The van der Waals surface area contributed by atoms with Crippen molar-refractivity contribution in [2.75, 3.05) is 39.3 Å². The molecule has 1 saturated carbocycles. The highest BCUT2D eigenvalue weighted by molar-refractivity contribution is 8.01. The largest absolute Gasteiger partial charge is 0.340 e. The van der Waals surface area contributed by atoms with E-state index in [4.69, 9.17) is 0 Å². The number of aryl methyl sites for hydroxylation is 1. The minimum absolute atomic E-state index is 0.0356. The van der Waals surface area contributed by atoms with Crippen molar-refractivity contribution in [1.29, 1.82) is 0 Å². The lowest BCUT2D eigenvalue weighted by Gasteiger charge is -2.38. The van der Waals surface area contributed by atoms with Crippen molar-refractivity contribution in [3.63, 3.8) is 0 Å². The van der Waals surface area contributed by atoms with Gasteiger partial charge in [-0.2, -0.15) is 0 Å². The Balaban J connectivity index is 1.30. The first kappa shape index (κ1) is 19.3. The Kier molecular flexibility index (Phi) is 5.81. The molecule has 4 rings (SSSR count). The fraction of sp³-hybridized carbons (Fsp3) is 0.700. The Hall–Kier alpha value is -1.05. The van der Waals surface area contributed by atoms with E-state index in [0.717, 1.165) is 52.1 Å². The van der Waals surface area contributed by atoms with Crippen LogP contribution in [0.1, 0.15) is 42.0 Å². The fourth-order valence-electron chi connectivity index (χ4n) is 4.10. The topological polar surface area (TPSA) is 43.9 Å². The zero-order valence-corrected chi connectivity index (χ0v) is 17.9. The molecule has 0 N–H and O–H groups in total. The van der Waals surface area contributed by atoms with E-state index >= 15 is 0 Å². The predicted octanol–water partition coefficient (Wildman–Crippen LogP) is 2.96. The van der Waals surface area contributed by atoms with Crippen LogP contribution in [0.5, 0.6) is 0 Å². The van der Waals surface area contributed by atoms with E-state index in [1.165, 1.54) is 16.9 Å². The van der Waals surface area contributed by atoms with Crippen molar-refractivity contribution in [1.82, 2.24) is 14.7 Å². The van der Waals surface area contributed by atoms with Crippen LogP contribution in [0.15, 0.2) is 11.4 Å². The van der Waals surface area contributed by atoms with E-state index in [1.54, 1.807) is 23.1 Å². The molecule has 1 aromatic heterocycles. The standard InChI is InChI=1S/C20H29N3O2S2/c1-14-6-13-26-17(14)20-23(18(24)15(2)27-20)12-9-21-7-10-22(11-8-21)19(25)16-4-3-5-16/h6,13,15-16,20H,3-5,7-12H2,1-2H3. The smallest absolute Gasteiger partial charge is 0.236 e. The second-order valence-electron chi connectivity index (χ2n) is 7.92. The van der Waals surface area contributed by atoms with Crippen LogP contribution in [-0.4, -0.2) is 71.0 Å². The zero-order chi connectivity index (χ0) is 19.0. The molecule has 2 atom stereocenters. The number of hydrogen-bond donors (Lipinski definition) is 0. The summed E-state index contributed by atoms with van der Waals surface area (Å²) in [4.78, 5) is 32.9. The van der Waals surface area contributed by atoms with Crippen LogP contribution in [0, 0.1) is 12.8 Å². The van der Waals surface area contributed by atoms with E-state index in [0.29, 0.717) is 11.8 Å². The molecule has 7 heteroatoms. The summed E-state index contributed by atoms with van der Waals surface area (Å²) in [5.74, 6) is 0.928. The lowest BCUT2D eigenvalue weighted by molar-refractivity contribution is -0.139. The third-order valence-corrected chi connectivity index (χ3v) is 8.75. The minimum atomic E-state index is 0.0356. The molecule has 2 saturated heterocycles. The van der Waals surface area contributed by atoms with Crippen molar-refractivity contribution in [2.45, 2.75) is 43.7 Å². The molecule has 2 amide bonds. The molecule has 5 nitrogen and oxygen atoms in total. The predicted molar refractivity (Wildman–Crippen MR) is 111 cm³/mol. The Morgan fingerprint density at radius 1 is 1.19 bits per heavy atom. The van der Waals surface area contributed by atoms with Crippen molar-refractivity contribution < 1.29 is 9.59 Å². The molecule has 0 radical (unpaired) electrons. The van der Waals surface area contributed by atoms with Gasteiger partial charge in [0.15, 0.2) is 0 Å². The van der Waals surface area contributed by atoms with Gasteiger partial charge in [0.05, 0.1) is 5.25 Å². The number of thiophene rings is 1. The van der Waals surface area contributed by atoms with Gasteiger partial charge in [0.1, 0.15) is 5.37 Å². The molecule has 2 aliphatic heterocycles. The van der Waals surface area contributed by atoms with Crippen LogP contribution in [0.3, 0.4) is 0 Å². The molecule has 3 heterocycles. The second-order valence-corrected chi connectivity index (χ2v) is 10.3. The van der Waals surface area contributed by atoms with Gasteiger partial charge in [-0.15, -0.1) is 23.1 Å². The molecule has 2 unspecified atom stereocenters. The highest BCUT2D eigenvalue weighted by Gasteiger charge is 2.39. The van der Waals surface area contributed by atoms with E-state index in [2.05, 4.69) is 33.1 Å². The first-order valence-corrected chi connectivity index (χ1v) is 11.9. The molecular formula is C20H29N3O2S2. The summed E-state index contributed by atoms with van der Waals surface area (Å²) in [5, 5.41) is 2.32. The molecule has 0 aromatic carbocycles. The Morgan fingerprint density at radius 3 is 2.52 bits per heavy atom. The maximum atomic E-state index is 12.7. The molecule has 3 fully saturated rings. The van der Waals surface area contributed by atoms with Gasteiger partial charge in [0.2, 0.25) is 11.8 Å². The summed E-state index contributed by atoms with van der Waals surface area (Å²) in [6.45, 7) is 9.34. The average molecular weight is 408 g/mol. The molecule has 1 aliphatic carbocycles. The number of rotatable bonds is 5. The molecule has 0 bridgehead atoms. The van der Waals surface area contributed by atoms with Crippen LogP contribution in [0.25, 0.3) is 0 Å². The van der Waals surface area contributed by atoms with Crippen LogP contribution in [0.2, 0.25) is 0 Å². The van der Waals surface area contributed by atoms with Gasteiger partial charge in [-0.1, -0.05) is 6.42 Å². The molecule has 148 valence electrons. The lowest BCUT2D eigenvalue weighted by Crippen LogP contribution is -2.52. The first-order valence-electron chi connectivity index (χ1n) is 10.1. The van der Waals surface area contributed by atoms with Gasteiger partial charge >= 0.3 is 0 Å². The Bertz CT molecular complexity index is 695. The second kappa shape index (κ2) is 8.13. The quantitative estimate of drug-likeness (QED) is 0.753. The van der Waals surface area contributed by atoms with Crippen LogP contribution >= 0.6 is 23.1 Å². The van der Waals surface area contributed by atoms with Crippen LogP contribution in [-0.2, 0) is 9.59 Å². The fourth-order valence-corrected chi connectivity index (χ4v) is 6.65. The van der Waals surface area contributed by atoms with Gasteiger partial charge in [-0.05, 0) is 43.7 Å². The van der Waals surface area contributed by atoms with Gasteiger partial charge < -0.3 is 9.80 Å². The number of hydrogen-bond acceptors (Lipinski definition) is 5. The van der Waals surface area contributed by atoms with Crippen molar-refractivity contribution >= 4 is 34.9 Å². The van der Waals surface area contributed by atoms with Gasteiger partial charge in [-0.3, -0.25) is 14.5 Å². The van der Waals surface area contributed by atoms with Gasteiger partial charge in [-0.25, -0.2) is 0 Å². The van der Waals surface area contributed by atoms with Gasteiger partial charge in [0, 0.05) is 50.1 Å². The maximum absolute atomic E-state index is 12.7. The summed E-state index contributed by atoms with van der Waals surface area (Å²) in [6.07, 6.45) is 3.37. The van der Waals surface area contributed by atoms with Crippen molar-refractivity contribution in [3.05, 3.63) is 21.9 Å². The number of carbonyl (C=O) groups excluding carboxylic acids is 2. The van der Waals surface area contributed by atoms with E-state index in [1.807, 2.05) is 6.92 Å². The van der Waals surface area contributed by atoms with E-state index in [9.17, 15) is 9.59 Å². The van der Waals surface area contributed by atoms with E-state index < -0.39 is 0 Å². The lowest BCUT2D eigenvalue weighted by atomic mass is 9.84. The Morgan fingerprint density at radius 2 is 1.93 bits per heavy atom. The molecular weight excluding hydrogens is 378 g/mol. The van der Waals surface area contributed by atoms with Crippen molar-refractivity contribution in [2.24, 2.45) is 5.92 Å². The number of carbonyl (C=O) groups is 2. The highest BCUT2D eigenvalue weighted by Crippen LogP contribution is 2.45. The third-order valence-electron chi connectivity index (χ3n) is 6.17. The number of nitrogens with zero attached hydrogens (tertiary/aromatic N) is 3. The summed E-state index contributed by atoms with van der Waals surface area (Å²) in [6, 6.07) is 2.14. The normalized spacial score (nSPS) is 27.3. The summed E-state index contributed by atoms with van der Waals surface area (Å²) < 4.78 is 0. The van der Waals surface area contributed by atoms with Crippen molar-refractivity contribution in [3.8, 4) is 0 Å². The molecule has 1 aromatic rings. The summed E-state index contributed by atoms with van der Waals surface area (Å²) in [5.41, 5.74) is 1.28. The highest BCUT2D eigenvalue weighted by atomic mass is 32.2. The molecule has 27 heavy (non-hydrogen) atoms. The zero-order valence-electron chi connectivity index (χ0n) is 16.2. The van der Waals surface area contributed by atoms with E-state index in [-0.39, 0.29) is 16.5 Å². The SMILES string of the molecule is Cc1ccsc1C1SC(C)C(=O)N1CCN1CCN(C(=O)C2CCC2)CC1. The van der Waals surface area contributed by atoms with Crippen LogP contribution in [0.4, 0.5) is 0 Å². The first-order chi connectivity index (χ1) is 13.0. The summed E-state index contributed by atoms with van der Waals surface area (Å²) >= 11 is 3.53. The molecule has 3 aliphatic rings. The average Bonchev–Trinajstić information content (AvgIpc) is 3.16. The maximum Gasteiger partial charge on any atom is 0.236 e. The summed E-state index contributed by atoms with van der Waals surface area (Å²) in [7, 11) is 0. The molecule has 0 spiro atoms. The number of piperazine rings is 1.